The van der Waals surface area contributed by atoms with Crippen LogP contribution in [0.1, 0.15) is 6.42 Å². The molecule has 8 heteroatoms. The molecule has 0 unspecified atom stereocenters. The molecule has 0 aromatic heterocycles. The Balaban J connectivity index is 1.89. The molecule has 3 rings (SSSR count). The summed E-state index contributed by atoms with van der Waals surface area (Å²) in [5.74, 6) is -0.179. The lowest BCUT2D eigenvalue weighted by Gasteiger charge is -2.14. The van der Waals surface area contributed by atoms with Gasteiger partial charge in [0.15, 0.2) is 5.75 Å². The molecule has 1 saturated heterocycles. The number of hydrogen-bond acceptors (Lipinski definition) is 6. The molecule has 0 saturated carbocycles. The number of thiocarbonyl (C=S) groups is 1. The van der Waals surface area contributed by atoms with Crippen molar-refractivity contribution in [2.45, 2.75) is 6.42 Å². The molecule has 1 fully saturated rings. The Morgan fingerprint density at radius 2 is 2.14 bits per heavy atom. The molecule has 0 radical (unpaired) electrons. The highest BCUT2D eigenvalue weighted by Gasteiger charge is 2.39. The fraction of sp³-hybridized carbons (Fsp3) is 0.214. The first-order valence-corrected chi connectivity index (χ1v) is 7.72. The molecule has 22 heavy (non-hydrogen) atoms. The molecule has 2 aliphatic rings. The second-order valence-corrected chi connectivity index (χ2v) is 6.38. The molecule has 1 N–H and O–H groups in total. The standard InChI is InChI=1S/C14H12N2O4S2/c1-15-8-4-2-3-5-9(8)20-13(15)11-12(19)16(14(21)22-11)7-6-10(17)18/h2-5H,6-7H2,1H3,(H,17,18). The van der Waals surface area contributed by atoms with Crippen molar-refractivity contribution in [2.24, 2.45) is 0 Å². The molecule has 1 amide bonds. The number of carbonyl (C=O) groups excluding carboxylic acids is 1. The summed E-state index contributed by atoms with van der Waals surface area (Å²) in [6.45, 7) is 0.0629. The van der Waals surface area contributed by atoms with Crippen LogP contribution in [0.15, 0.2) is 35.1 Å². The minimum absolute atomic E-state index is 0.0629. The zero-order valence-electron chi connectivity index (χ0n) is 11.6. The summed E-state index contributed by atoms with van der Waals surface area (Å²) in [5, 5.41) is 8.75. The van der Waals surface area contributed by atoms with Crippen molar-refractivity contribution in [3.63, 3.8) is 0 Å². The Bertz CT molecular complexity index is 717. The number of hydrogen-bond donors (Lipinski definition) is 1. The van der Waals surface area contributed by atoms with Crippen molar-refractivity contribution in [1.82, 2.24) is 4.90 Å². The minimum atomic E-state index is -0.969. The average molecular weight is 336 g/mol. The Morgan fingerprint density at radius 3 is 2.82 bits per heavy atom. The smallest absolute Gasteiger partial charge is 0.305 e. The topological polar surface area (TPSA) is 70.1 Å². The number of rotatable bonds is 3. The van der Waals surface area contributed by atoms with E-state index < -0.39 is 5.97 Å². The lowest BCUT2D eigenvalue weighted by atomic mass is 10.3. The van der Waals surface area contributed by atoms with E-state index in [1.165, 1.54) is 4.90 Å². The number of aliphatic carboxylic acids is 1. The van der Waals surface area contributed by atoms with E-state index in [4.69, 9.17) is 22.1 Å². The minimum Gasteiger partial charge on any atom is -0.481 e. The quantitative estimate of drug-likeness (QED) is 0.669. The Labute approximate surface area is 136 Å². The van der Waals surface area contributed by atoms with Gasteiger partial charge in [0.2, 0.25) is 5.88 Å². The molecule has 1 aromatic rings. The normalized spacial score (nSPS) is 20.4. The van der Waals surface area contributed by atoms with Crippen LogP contribution in [0.5, 0.6) is 5.75 Å². The van der Waals surface area contributed by atoms with Gasteiger partial charge in [-0.25, -0.2) is 0 Å². The van der Waals surface area contributed by atoms with Gasteiger partial charge in [0.05, 0.1) is 12.1 Å². The maximum absolute atomic E-state index is 12.5. The number of benzene rings is 1. The van der Waals surface area contributed by atoms with E-state index in [2.05, 4.69) is 0 Å². The number of nitrogens with zero attached hydrogens (tertiary/aromatic N) is 2. The molecular formula is C14H12N2O4S2. The number of anilines is 1. The van der Waals surface area contributed by atoms with Crippen LogP contribution in [0.4, 0.5) is 5.69 Å². The van der Waals surface area contributed by atoms with Crippen molar-refractivity contribution in [3.8, 4) is 5.75 Å². The van der Waals surface area contributed by atoms with Crippen LogP contribution >= 0.6 is 24.0 Å². The van der Waals surface area contributed by atoms with Crippen molar-refractivity contribution in [3.05, 3.63) is 35.1 Å². The number of fused-ring (bicyclic) bond motifs is 1. The fourth-order valence-electron chi connectivity index (χ4n) is 2.23. The number of para-hydroxylation sites is 2. The largest absolute Gasteiger partial charge is 0.481 e. The van der Waals surface area contributed by atoms with Gasteiger partial charge in [0.1, 0.15) is 9.23 Å². The Kier molecular flexibility index (Phi) is 3.79. The monoisotopic (exact) mass is 336 g/mol. The number of amides is 1. The third-order valence-electron chi connectivity index (χ3n) is 3.33. The maximum atomic E-state index is 12.5. The summed E-state index contributed by atoms with van der Waals surface area (Å²) in [7, 11) is 1.81. The Morgan fingerprint density at radius 1 is 1.41 bits per heavy atom. The second kappa shape index (κ2) is 5.62. The van der Waals surface area contributed by atoms with Gasteiger partial charge in [-0.05, 0) is 23.9 Å². The van der Waals surface area contributed by atoms with E-state index in [9.17, 15) is 9.59 Å². The molecule has 114 valence electrons. The zero-order valence-corrected chi connectivity index (χ0v) is 13.2. The highest BCUT2D eigenvalue weighted by molar-refractivity contribution is 8.26. The lowest BCUT2D eigenvalue weighted by Crippen LogP contribution is -2.31. The molecule has 0 bridgehead atoms. The van der Waals surface area contributed by atoms with E-state index in [1.807, 2.05) is 31.3 Å². The van der Waals surface area contributed by atoms with Gasteiger partial charge in [-0.15, -0.1) is 0 Å². The van der Waals surface area contributed by atoms with Gasteiger partial charge in [-0.1, -0.05) is 24.4 Å². The molecule has 0 atom stereocenters. The summed E-state index contributed by atoms with van der Waals surface area (Å²) in [6.07, 6.45) is -0.147. The highest BCUT2D eigenvalue weighted by atomic mass is 32.2. The zero-order chi connectivity index (χ0) is 15.9. The first-order chi connectivity index (χ1) is 10.5. The SMILES string of the molecule is CN1C(=C2SC(=S)N(CCC(=O)O)C2=O)Oc2ccccc21. The van der Waals surface area contributed by atoms with Crippen LogP contribution in [-0.2, 0) is 9.59 Å². The van der Waals surface area contributed by atoms with Crippen LogP contribution < -0.4 is 9.64 Å². The van der Waals surface area contributed by atoms with Crippen LogP contribution in [0.25, 0.3) is 0 Å². The van der Waals surface area contributed by atoms with Gasteiger partial charge in [-0.3, -0.25) is 14.5 Å². The molecule has 2 aliphatic heterocycles. The van der Waals surface area contributed by atoms with E-state index in [0.717, 1.165) is 17.4 Å². The van der Waals surface area contributed by atoms with E-state index in [-0.39, 0.29) is 18.9 Å². The third kappa shape index (κ3) is 2.44. The van der Waals surface area contributed by atoms with Gasteiger partial charge in [0.25, 0.3) is 5.91 Å². The van der Waals surface area contributed by atoms with E-state index >= 15 is 0 Å². The van der Waals surface area contributed by atoms with Crippen molar-refractivity contribution < 1.29 is 19.4 Å². The summed E-state index contributed by atoms with van der Waals surface area (Å²) in [5.41, 5.74) is 0.869. The van der Waals surface area contributed by atoms with Crippen molar-refractivity contribution in [1.29, 1.82) is 0 Å². The van der Waals surface area contributed by atoms with Crippen molar-refractivity contribution in [2.75, 3.05) is 18.5 Å². The van der Waals surface area contributed by atoms with Gasteiger partial charge < -0.3 is 14.7 Å². The first kappa shape index (κ1) is 14.9. The van der Waals surface area contributed by atoms with Crippen LogP contribution in [-0.4, -0.2) is 39.8 Å². The number of thioether (sulfide) groups is 1. The number of carbonyl (C=O) groups is 2. The second-order valence-electron chi connectivity index (χ2n) is 4.73. The number of carboxylic acids is 1. The summed E-state index contributed by atoms with van der Waals surface area (Å²) >= 11 is 6.31. The first-order valence-electron chi connectivity index (χ1n) is 6.49. The predicted molar refractivity (Wildman–Crippen MR) is 86.7 cm³/mol. The van der Waals surface area contributed by atoms with E-state index in [1.54, 1.807) is 4.90 Å². The van der Waals surface area contributed by atoms with Gasteiger partial charge in [0, 0.05) is 13.6 Å². The maximum Gasteiger partial charge on any atom is 0.305 e. The fourth-order valence-corrected chi connectivity index (χ4v) is 3.57. The Hall–Kier alpha value is -2.06. The van der Waals surface area contributed by atoms with Gasteiger partial charge in [-0.2, -0.15) is 0 Å². The molecule has 6 nitrogen and oxygen atoms in total. The van der Waals surface area contributed by atoms with Crippen LogP contribution in [0.2, 0.25) is 0 Å². The average Bonchev–Trinajstić information content (AvgIpc) is 2.95. The molecular weight excluding hydrogens is 324 g/mol. The lowest BCUT2D eigenvalue weighted by molar-refractivity contribution is -0.137. The van der Waals surface area contributed by atoms with Gasteiger partial charge >= 0.3 is 5.97 Å². The summed E-state index contributed by atoms with van der Waals surface area (Å²) in [6, 6.07) is 7.46. The number of ether oxygens (including phenoxy) is 1. The van der Waals surface area contributed by atoms with Crippen molar-refractivity contribution >= 4 is 45.9 Å². The number of carboxylic acid groups (broad SMARTS) is 1. The predicted octanol–water partition coefficient (Wildman–Crippen LogP) is 2.02. The summed E-state index contributed by atoms with van der Waals surface area (Å²) < 4.78 is 6.11. The summed E-state index contributed by atoms with van der Waals surface area (Å²) in [4.78, 5) is 26.6. The van der Waals surface area contributed by atoms with Crippen LogP contribution in [0, 0.1) is 0 Å². The third-order valence-corrected chi connectivity index (χ3v) is 4.75. The molecule has 2 heterocycles. The molecule has 1 aromatic carbocycles. The van der Waals surface area contributed by atoms with Crippen LogP contribution in [0.3, 0.4) is 0 Å². The molecule has 0 aliphatic carbocycles. The van der Waals surface area contributed by atoms with E-state index in [0.29, 0.717) is 20.9 Å². The molecule has 0 spiro atoms. The highest BCUT2D eigenvalue weighted by Crippen LogP contribution is 2.43.